The third kappa shape index (κ3) is 5.10. The Balaban J connectivity index is 1.55. The number of urea groups is 1. The molecule has 5 N–H and O–H groups in total. The number of benzene rings is 2. The minimum atomic E-state index is -0.864. The molecule has 3 amide bonds. The van der Waals surface area contributed by atoms with E-state index in [9.17, 15) is 9.59 Å². The number of nitrogens with one attached hydrogen (secondary N) is 3. The lowest BCUT2D eigenvalue weighted by atomic mass is 9.96. The predicted octanol–water partition coefficient (Wildman–Crippen LogP) is 2.61. The van der Waals surface area contributed by atoms with Gasteiger partial charge >= 0.3 is 6.03 Å². The van der Waals surface area contributed by atoms with E-state index in [1.54, 1.807) is 0 Å². The van der Waals surface area contributed by atoms with E-state index in [0.29, 0.717) is 25.9 Å². The first-order valence-electron chi connectivity index (χ1n) is 9.78. The average molecular weight is 380 g/mol. The van der Waals surface area contributed by atoms with Crippen LogP contribution in [0.2, 0.25) is 0 Å². The molecule has 1 atom stereocenters. The normalized spacial score (nSPS) is 16.2. The maximum absolute atomic E-state index is 12.9. The average Bonchev–Trinajstić information content (AvgIpc) is 3.21. The summed E-state index contributed by atoms with van der Waals surface area (Å²) in [7, 11) is 0. The molecule has 1 saturated carbocycles. The molecule has 0 heterocycles. The topological polar surface area (TPSA) is 96.2 Å². The number of rotatable bonds is 7. The molecular weight excluding hydrogens is 352 g/mol. The van der Waals surface area contributed by atoms with Crippen LogP contribution in [0.1, 0.15) is 42.9 Å². The van der Waals surface area contributed by atoms with Crippen molar-refractivity contribution in [2.24, 2.45) is 5.73 Å². The molecule has 0 aliphatic heterocycles. The zero-order valence-electron chi connectivity index (χ0n) is 16.0. The molecule has 1 aliphatic rings. The van der Waals surface area contributed by atoms with Crippen LogP contribution < -0.4 is 21.7 Å². The van der Waals surface area contributed by atoms with Crippen molar-refractivity contribution in [1.82, 2.24) is 16.0 Å². The summed E-state index contributed by atoms with van der Waals surface area (Å²) in [5, 5.41) is 8.70. The van der Waals surface area contributed by atoms with Gasteiger partial charge in [-0.05, 0) is 24.0 Å². The molecule has 0 aromatic heterocycles. The van der Waals surface area contributed by atoms with Crippen LogP contribution in [-0.2, 0) is 11.3 Å². The van der Waals surface area contributed by atoms with Crippen molar-refractivity contribution in [2.75, 3.05) is 6.54 Å². The maximum atomic E-state index is 12.9. The van der Waals surface area contributed by atoms with Gasteiger partial charge in [0.1, 0.15) is 5.54 Å². The van der Waals surface area contributed by atoms with Crippen molar-refractivity contribution in [3.8, 4) is 0 Å². The lowest BCUT2D eigenvalue weighted by Crippen LogP contribution is -2.59. The molecule has 0 bridgehead atoms. The molecule has 2 aromatic carbocycles. The Kier molecular flexibility index (Phi) is 6.66. The van der Waals surface area contributed by atoms with E-state index in [-0.39, 0.29) is 18.0 Å². The SMILES string of the molecule is NC(CNC(=O)C1(NC(=O)NCc2ccccc2)CCCC1)c1ccccc1. The van der Waals surface area contributed by atoms with Gasteiger partial charge in [-0.1, -0.05) is 73.5 Å². The zero-order valence-corrected chi connectivity index (χ0v) is 16.0. The highest BCUT2D eigenvalue weighted by molar-refractivity contribution is 5.91. The summed E-state index contributed by atoms with van der Waals surface area (Å²) in [5.41, 5.74) is 7.30. The van der Waals surface area contributed by atoms with Gasteiger partial charge in [-0.25, -0.2) is 4.79 Å². The molecule has 2 aromatic rings. The molecular formula is C22H28N4O2. The smallest absolute Gasteiger partial charge is 0.315 e. The van der Waals surface area contributed by atoms with Crippen LogP contribution in [0, 0.1) is 0 Å². The molecule has 0 radical (unpaired) electrons. The van der Waals surface area contributed by atoms with Crippen LogP contribution in [0.4, 0.5) is 4.79 Å². The molecule has 0 spiro atoms. The molecule has 1 unspecified atom stereocenters. The molecule has 0 saturated heterocycles. The van der Waals surface area contributed by atoms with E-state index in [1.165, 1.54) is 0 Å². The van der Waals surface area contributed by atoms with Crippen molar-refractivity contribution < 1.29 is 9.59 Å². The summed E-state index contributed by atoms with van der Waals surface area (Å²) < 4.78 is 0. The van der Waals surface area contributed by atoms with E-state index >= 15 is 0 Å². The van der Waals surface area contributed by atoms with Gasteiger partial charge in [-0.2, -0.15) is 0 Å². The fourth-order valence-electron chi connectivity index (χ4n) is 3.62. The number of hydrogen-bond acceptors (Lipinski definition) is 3. The largest absolute Gasteiger partial charge is 0.352 e. The third-order valence-electron chi connectivity index (χ3n) is 5.25. The Morgan fingerprint density at radius 3 is 2.18 bits per heavy atom. The molecule has 148 valence electrons. The maximum Gasteiger partial charge on any atom is 0.315 e. The fourth-order valence-corrected chi connectivity index (χ4v) is 3.62. The molecule has 6 heteroatoms. The minimum Gasteiger partial charge on any atom is -0.352 e. The standard InChI is InChI=1S/C22H28N4O2/c23-19(18-11-5-2-6-12-18)16-24-20(27)22(13-7-8-14-22)26-21(28)25-15-17-9-3-1-4-10-17/h1-6,9-12,19H,7-8,13-16,23H2,(H,24,27)(H2,25,26,28). The Hall–Kier alpha value is -2.86. The summed E-state index contributed by atoms with van der Waals surface area (Å²) in [6.45, 7) is 0.751. The zero-order chi connectivity index (χ0) is 19.8. The Morgan fingerprint density at radius 1 is 0.929 bits per heavy atom. The molecule has 28 heavy (non-hydrogen) atoms. The van der Waals surface area contributed by atoms with Crippen molar-refractivity contribution in [3.63, 3.8) is 0 Å². The third-order valence-corrected chi connectivity index (χ3v) is 5.25. The second-order valence-corrected chi connectivity index (χ2v) is 7.31. The van der Waals surface area contributed by atoms with Crippen molar-refractivity contribution in [3.05, 3.63) is 71.8 Å². The fraction of sp³-hybridized carbons (Fsp3) is 0.364. The number of carbonyl (C=O) groups is 2. The van der Waals surface area contributed by atoms with E-state index < -0.39 is 5.54 Å². The van der Waals surface area contributed by atoms with Gasteiger partial charge in [-0.3, -0.25) is 4.79 Å². The first kappa shape index (κ1) is 19.9. The summed E-state index contributed by atoms with van der Waals surface area (Å²) in [6, 6.07) is 18.7. The summed E-state index contributed by atoms with van der Waals surface area (Å²) >= 11 is 0. The second kappa shape index (κ2) is 9.37. The van der Waals surface area contributed by atoms with E-state index in [4.69, 9.17) is 5.73 Å². The van der Waals surface area contributed by atoms with Gasteiger partial charge in [0.15, 0.2) is 0 Å². The van der Waals surface area contributed by atoms with Gasteiger partial charge in [-0.15, -0.1) is 0 Å². The lowest BCUT2D eigenvalue weighted by molar-refractivity contribution is -0.127. The Bertz CT molecular complexity index is 774. The molecule has 6 nitrogen and oxygen atoms in total. The highest BCUT2D eigenvalue weighted by Gasteiger charge is 2.42. The van der Waals surface area contributed by atoms with Crippen molar-refractivity contribution >= 4 is 11.9 Å². The molecule has 1 aliphatic carbocycles. The van der Waals surface area contributed by atoms with Crippen molar-refractivity contribution in [1.29, 1.82) is 0 Å². The van der Waals surface area contributed by atoms with Gasteiger partial charge in [0.2, 0.25) is 5.91 Å². The monoisotopic (exact) mass is 380 g/mol. The van der Waals surface area contributed by atoms with Gasteiger partial charge in [0.25, 0.3) is 0 Å². The summed E-state index contributed by atoms with van der Waals surface area (Å²) in [5.74, 6) is -0.161. The van der Waals surface area contributed by atoms with E-state index in [1.807, 2.05) is 60.7 Å². The Labute approximate surface area is 165 Å². The predicted molar refractivity (Wildman–Crippen MR) is 109 cm³/mol. The van der Waals surface area contributed by atoms with Crippen LogP contribution >= 0.6 is 0 Å². The van der Waals surface area contributed by atoms with Gasteiger partial charge in [0, 0.05) is 19.1 Å². The first-order chi connectivity index (χ1) is 13.6. The number of nitrogens with two attached hydrogens (primary N) is 1. The van der Waals surface area contributed by atoms with Crippen molar-refractivity contribution in [2.45, 2.75) is 43.8 Å². The highest BCUT2D eigenvalue weighted by atomic mass is 16.2. The van der Waals surface area contributed by atoms with Crippen LogP contribution in [0.25, 0.3) is 0 Å². The summed E-state index contributed by atoms with van der Waals surface area (Å²) in [6.07, 6.45) is 3.10. The molecule has 3 rings (SSSR count). The highest BCUT2D eigenvalue weighted by Crippen LogP contribution is 2.30. The van der Waals surface area contributed by atoms with E-state index in [2.05, 4.69) is 16.0 Å². The number of carbonyl (C=O) groups excluding carboxylic acids is 2. The Morgan fingerprint density at radius 2 is 1.54 bits per heavy atom. The van der Waals surface area contributed by atoms with Crippen LogP contribution in [-0.4, -0.2) is 24.0 Å². The minimum absolute atomic E-state index is 0.161. The van der Waals surface area contributed by atoms with Gasteiger partial charge < -0.3 is 21.7 Å². The first-order valence-corrected chi connectivity index (χ1v) is 9.78. The molecule has 1 fully saturated rings. The van der Waals surface area contributed by atoms with Crippen LogP contribution in [0.3, 0.4) is 0 Å². The second-order valence-electron chi connectivity index (χ2n) is 7.31. The quantitative estimate of drug-likeness (QED) is 0.594. The number of amides is 3. The van der Waals surface area contributed by atoms with Crippen LogP contribution in [0.15, 0.2) is 60.7 Å². The van der Waals surface area contributed by atoms with E-state index in [0.717, 1.165) is 24.0 Å². The summed E-state index contributed by atoms with van der Waals surface area (Å²) in [4.78, 5) is 25.3. The van der Waals surface area contributed by atoms with Gasteiger partial charge in [0.05, 0.1) is 0 Å². The number of hydrogen-bond donors (Lipinski definition) is 4. The van der Waals surface area contributed by atoms with Crippen LogP contribution in [0.5, 0.6) is 0 Å². The lowest BCUT2D eigenvalue weighted by Gasteiger charge is -2.29.